The van der Waals surface area contributed by atoms with Crippen LogP contribution in [0.3, 0.4) is 0 Å². The third kappa shape index (κ3) is 5.72. The molecule has 0 aliphatic rings. The predicted molar refractivity (Wildman–Crippen MR) is 98.2 cm³/mol. The molecule has 1 aromatic carbocycles. The zero-order valence-corrected chi connectivity index (χ0v) is 16.0. The second-order valence-electron chi connectivity index (χ2n) is 5.01. The molecule has 2 amide bonds. The van der Waals surface area contributed by atoms with Crippen LogP contribution in [0.1, 0.15) is 6.92 Å². The Kier molecular flexibility index (Phi) is 7.89. The first kappa shape index (κ1) is 20.2. The highest BCUT2D eigenvalue weighted by Gasteiger charge is 2.16. The van der Waals surface area contributed by atoms with E-state index in [0.717, 1.165) is 5.56 Å². The van der Waals surface area contributed by atoms with Gasteiger partial charge in [-0.2, -0.15) is 0 Å². The van der Waals surface area contributed by atoms with Crippen LogP contribution in [0.15, 0.2) is 29.4 Å². The molecule has 0 spiro atoms. The fraction of sp³-hybridized carbons (Fsp3) is 0.375. The van der Waals surface area contributed by atoms with Gasteiger partial charge in [0.2, 0.25) is 5.91 Å². The van der Waals surface area contributed by atoms with Gasteiger partial charge in [0.05, 0.1) is 25.5 Å². The maximum Gasteiger partial charge on any atom is 0.413 e. The Morgan fingerprint density at radius 1 is 1.27 bits per heavy atom. The van der Waals surface area contributed by atoms with E-state index in [1.54, 1.807) is 26.2 Å². The van der Waals surface area contributed by atoms with E-state index in [-0.39, 0.29) is 12.4 Å². The van der Waals surface area contributed by atoms with Crippen molar-refractivity contribution in [3.05, 3.63) is 29.3 Å². The van der Waals surface area contributed by atoms with E-state index in [9.17, 15) is 9.59 Å². The van der Waals surface area contributed by atoms with Crippen LogP contribution in [0.2, 0.25) is 5.02 Å². The summed E-state index contributed by atoms with van der Waals surface area (Å²) in [6.45, 7) is 2.84. The van der Waals surface area contributed by atoms with Crippen molar-refractivity contribution < 1.29 is 19.1 Å². The molecule has 0 aliphatic carbocycles. The fourth-order valence-electron chi connectivity index (χ4n) is 2.04. The number of thioether (sulfide) groups is 1. The SMILES string of the molecule is CCOC(=O)NC(=O)CSc1nnc(-c2ccc(Cl)cc2)n1CCOC. The molecule has 0 aliphatic heterocycles. The van der Waals surface area contributed by atoms with Gasteiger partial charge in [-0.1, -0.05) is 23.4 Å². The van der Waals surface area contributed by atoms with Gasteiger partial charge in [0.25, 0.3) is 0 Å². The van der Waals surface area contributed by atoms with E-state index in [2.05, 4.69) is 20.3 Å². The summed E-state index contributed by atoms with van der Waals surface area (Å²) in [4.78, 5) is 23.1. The third-order valence-corrected chi connectivity index (χ3v) is 4.41. The number of rotatable bonds is 8. The Balaban J connectivity index is 2.11. The van der Waals surface area contributed by atoms with Crippen molar-refractivity contribution in [2.75, 3.05) is 26.1 Å². The van der Waals surface area contributed by atoms with Crippen molar-refractivity contribution in [2.24, 2.45) is 0 Å². The molecule has 0 saturated carbocycles. The van der Waals surface area contributed by atoms with Crippen molar-refractivity contribution >= 4 is 35.4 Å². The standard InChI is InChI=1S/C16H19ClN4O4S/c1-3-25-16(23)18-13(22)10-26-15-20-19-14(21(15)8-9-24-2)11-4-6-12(17)7-5-11/h4-7H,3,8-10H2,1-2H3,(H,18,22,23). The third-order valence-electron chi connectivity index (χ3n) is 3.19. The summed E-state index contributed by atoms with van der Waals surface area (Å²) in [7, 11) is 1.60. The summed E-state index contributed by atoms with van der Waals surface area (Å²) in [5.41, 5.74) is 0.848. The van der Waals surface area contributed by atoms with Crippen LogP contribution in [0.5, 0.6) is 0 Å². The smallest absolute Gasteiger partial charge is 0.413 e. The van der Waals surface area contributed by atoms with Crippen LogP contribution in [-0.2, 0) is 20.8 Å². The first-order valence-corrected chi connectivity index (χ1v) is 9.19. The number of halogens is 1. The van der Waals surface area contributed by atoms with Crippen LogP contribution in [0.4, 0.5) is 4.79 Å². The molecule has 0 radical (unpaired) electrons. The second kappa shape index (κ2) is 10.1. The summed E-state index contributed by atoms with van der Waals surface area (Å²) in [6, 6.07) is 7.23. The number of hydrogen-bond donors (Lipinski definition) is 1. The van der Waals surface area contributed by atoms with Gasteiger partial charge in [0.15, 0.2) is 11.0 Å². The van der Waals surface area contributed by atoms with E-state index in [1.807, 2.05) is 16.7 Å². The lowest BCUT2D eigenvalue weighted by molar-refractivity contribution is -0.117. The number of imide groups is 1. The lowest BCUT2D eigenvalue weighted by Crippen LogP contribution is -2.32. The van der Waals surface area contributed by atoms with Crippen LogP contribution in [-0.4, -0.2) is 52.8 Å². The number of carbonyl (C=O) groups excluding carboxylic acids is 2. The Morgan fingerprint density at radius 3 is 2.65 bits per heavy atom. The molecule has 0 unspecified atom stereocenters. The molecular formula is C16H19ClN4O4S. The fourth-order valence-corrected chi connectivity index (χ4v) is 2.93. The molecule has 0 fully saturated rings. The Morgan fingerprint density at radius 2 is 2.00 bits per heavy atom. The van der Waals surface area contributed by atoms with E-state index in [1.165, 1.54) is 11.8 Å². The zero-order chi connectivity index (χ0) is 18.9. The highest BCUT2D eigenvalue weighted by molar-refractivity contribution is 7.99. The number of benzene rings is 1. The lowest BCUT2D eigenvalue weighted by atomic mass is 10.2. The lowest BCUT2D eigenvalue weighted by Gasteiger charge is -2.10. The first-order valence-electron chi connectivity index (χ1n) is 7.82. The van der Waals surface area contributed by atoms with Gasteiger partial charge in [-0.05, 0) is 31.2 Å². The highest BCUT2D eigenvalue weighted by atomic mass is 35.5. The molecule has 10 heteroatoms. The second-order valence-corrected chi connectivity index (χ2v) is 6.39. The molecule has 8 nitrogen and oxygen atoms in total. The molecule has 0 saturated heterocycles. The van der Waals surface area contributed by atoms with Crippen LogP contribution in [0, 0.1) is 0 Å². The van der Waals surface area contributed by atoms with E-state index in [4.69, 9.17) is 16.3 Å². The van der Waals surface area contributed by atoms with Gasteiger partial charge < -0.3 is 9.47 Å². The number of methoxy groups -OCH3 is 1. The molecule has 1 heterocycles. The number of nitrogens with zero attached hydrogens (tertiary/aromatic N) is 3. The maximum absolute atomic E-state index is 11.8. The minimum absolute atomic E-state index is 0.00451. The Labute approximate surface area is 160 Å². The van der Waals surface area contributed by atoms with Crippen molar-refractivity contribution in [3.63, 3.8) is 0 Å². The number of aromatic nitrogens is 3. The number of alkyl carbamates (subject to hydrolysis) is 1. The zero-order valence-electron chi connectivity index (χ0n) is 14.4. The number of ether oxygens (including phenoxy) is 2. The monoisotopic (exact) mass is 398 g/mol. The minimum Gasteiger partial charge on any atom is -0.450 e. The number of carbonyl (C=O) groups is 2. The predicted octanol–water partition coefficient (Wildman–Crippen LogP) is 2.61. The summed E-state index contributed by atoms with van der Waals surface area (Å²) < 4.78 is 11.7. The van der Waals surface area contributed by atoms with Gasteiger partial charge in [0.1, 0.15) is 0 Å². The molecule has 0 atom stereocenters. The first-order chi connectivity index (χ1) is 12.5. The van der Waals surface area contributed by atoms with Crippen LogP contribution in [0.25, 0.3) is 11.4 Å². The Bertz CT molecular complexity index is 751. The van der Waals surface area contributed by atoms with Crippen molar-refractivity contribution in [1.82, 2.24) is 20.1 Å². The topological polar surface area (TPSA) is 95.3 Å². The molecule has 2 aromatic rings. The highest BCUT2D eigenvalue weighted by Crippen LogP contribution is 2.25. The average Bonchev–Trinajstić information content (AvgIpc) is 3.01. The summed E-state index contributed by atoms with van der Waals surface area (Å²) in [6.07, 6.45) is -0.763. The number of amides is 2. The normalized spacial score (nSPS) is 10.6. The minimum atomic E-state index is -0.763. The molecule has 1 N–H and O–H groups in total. The number of hydrogen-bond acceptors (Lipinski definition) is 7. The summed E-state index contributed by atoms with van der Waals surface area (Å²) in [5.74, 6) is 0.180. The van der Waals surface area contributed by atoms with Crippen LogP contribution >= 0.6 is 23.4 Å². The maximum atomic E-state index is 11.8. The largest absolute Gasteiger partial charge is 0.450 e. The van der Waals surface area contributed by atoms with Crippen molar-refractivity contribution in [2.45, 2.75) is 18.6 Å². The van der Waals surface area contributed by atoms with Gasteiger partial charge in [-0.15, -0.1) is 10.2 Å². The van der Waals surface area contributed by atoms with Gasteiger partial charge in [-0.25, -0.2) is 4.79 Å². The molecular weight excluding hydrogens is 380 g/mol. The average molecular weight is 399 g/mol. The molecule has 140 valence electrons. The molecule has 2 rings (SSSR count). The van der Waals surface area contributed by atoms with Crippen molar-refractivity contribution in [3.8, 4) is 11.4 Å². The van der Waals surface area contributed by atoms with E-state index >= 15 is 0 Å². The summed E-state index contributed by atoms with van der Waals surface area (Å²) in [5, 5.41) is 11.7. The van der Waals surface area contributed by atoms with Crippen molar-refractivity contribution in [1.29, 1.82) is 0 Å². The molecule has 1 aromatic heterocycles. The Hall–Kier alpha value is -2.10. The van der Waals surface area contributed by atoms with E-state index in [0.29, 0.717) is 29.2 Å². The summed E-state index contributed by atoms with van der Waals surface area (Å²) >= 11 is 7.10. The van der Waals surface area contributed by atoms with Gasteiger partial charge in [0, 0.05) is 17.7 Å². The van der Waals surface area contributed by atoms with Crippen LogP contribution < -0.4 is 5.32 Å². The molecule has 0 bridgehead atoms. The molecule has 26 heavy (non-hydrogen) atoms. The number of nitrogens with one attached hydrogen (secondary N) is 1. The van der Waals surface area contributed by atoms with E-state index < -0.39 is 12.0 Å². The quantitative estimate of drug-likeness (QED) is 0.683. The van der Waals surface area contributed by atoms with Gasteiger partial charge in [-0.3, -0.25) is 14.7 Å². The van der Waals surface area contributed by atoms with Gasteiger partial charge >= 0.3 is 6.09 Å².